The number of nitrogens with one attached hydrogen (secondary N) is 1. The van der Waals surface area contributed by atoms with Crippen LogP contribution < -0.4 is 10.1 Å². The number of methoxy groups -OCH3 is 1. The van der Waals surface area contributed by atoms with Gasteiger partial charge in [0.1, 0.15) is 5.75 Å². The topological polar surface area (TPSA) is 41.6 Å². The van der Waals surface area contributed by atoms with Crippen LogP contribution in [0.3, 0.4) is 0 Å². The van der Waals surface area contributed by atoms with E-state index in [0.717, 1.165) is 12.3 Å². The van der Waals surface area contributed by atoms with Gasteiger partial charge in [-0.05, 0) is 49.8 Å². The van der Waals surface area contributed by atoms with Gasteiger partial charge in [-0.2, -0.15) is 0 Å². The SMILES string of the molecule is COc1ccc(C(=O)CNCC(c2cccs2)N(C)C)cc1. The van der Waals surface area contributed by atoms with E-state index in [0.29, 0.717) is 12.1 Å². The van der Waals surface area contributed by atoms with E-state index in [1.165, 1.54) is 4.88 Å². The van der Waals surface area contributed by atoms with Crippen molar-refractivity contribution in [1.29, 1.82) is 0 Å². The smallest absolute Gasteiger partial charge is 0.176 e. The van der Waals surface area contributed by atoms with Crippen molar-refractivity contribution >= 4 is 17.1 Å². The van der Waals surface area contributed by atoms with Crippen LogP contribution >= 0.6 is 11.3 Å². The molecule has 0 amide bonds. The maximum Gasteiger partial charge on any atom is 0.176 e. The summed E-state index contributed by atoms with van der Waals surface area (Å²) in [5, 5.41) is 5.34. The largest absolute Gasteiger partial charge is 0.497 e. The maximum atomic E-state index is 12.2. The monoisotopic (exact) mass is 318 g/mol. The van der Waals surface area contributed by atoms with Gasteiger partial charge in [-0.3, -0.25) is 4.79 Å². The minimum absolute atomic E-state index is 0.0892. The Morgan fingerprint density at radius 2 is 2.00 bits per heavy atom. The second kappa shape index (κ2) is 8.08. The Morgan fingerprint density at radius 1 is 1.27 bits per heavy atom. The van der Waals surface area contributed by atoms with E-state index < -0.39 is 0 Å². The molecule has 0 saturated heterocycles. The summed E-state index contributed by atoms with van der Waals surface area (Å²) in [5.41, 5.74) is 0.700. The summed E-state index contributed by atoms with van der Waals surface area (Å²) in [4.78, 5) is 15.6. The average Bonchev–Trinajstić information content (AvgIpc) is 3.05. The molecule has 0 aliphatic carbocycles. The molecule has 1 atom stereocenters. The number of hydrogen-bond acceptors (Lipinski definition) is 5. The van der Waals surface area contributed by atoms with Gasteiger partial charge in [0.15, 0.2) is 5.78 Å². The highest BCUT2D eigenvalue weighted by molar-refractivity contribution is 7.10. The zero-order chi connectivity index (χ0) is 15.9. The Labute approximate surface area is 135 Å². The number of ether oxygens (including phenoxy) is 1. The van der Waals surface area contributed by atoms with Crippen LogP contribution in [0.2, 0.25) is 0 Å². The number of hydrogen-bond donors (Lipinski definition) is 1. The van der Waals surface area contributed by atoms with E-state index in [4.69, 9.17) is 4.74 Å². The van der Waals surface area contributed by atoms with Gasteiger partial charge in [0.25, 0.3) is 0 Å². The van der Waals surface area contributed by atoms with Crippen molar-refractivity contribution in [1.82, 2.24) is 10.2 Å². The molecule has 0 fully saturated rings. The van der Waals surface area contributed by atoms with Gasteiger partial charge in [0.2, 0.25) is 0 Å². The first-order valence-electron chi connectivity index (χ1n) is 7.19. The molecular formula is C17H22N2O2S. The van der Waals surface area contributed by atoms with Gasteiger partial charge in [-0.1, -0.05) is 6.07 Å². The third-order valence-electron chi connectivity index (χ3n) is 3.53. The number of carbonyl (C=O) groups is 1. The van der Waals surface area contributed by atoms with Crippen LogP contribution in [0.5, 0.6) is 5.75 Å². The fourth-order valence-corrected chi connectivity index (χ4v) is 3.14. The summed E-state index contributed by atoms with van der Waals surface area (Å²) >= 11 is 1.74. The minimum Gasteiger partial charge on any atom is -0.497 e. The molecule has 0 spiro atoms. The number of rotatable bonds is 8. The van der Waals surface area contributed by atoms with Crippen molar-refractivity contribution < 1.29 is 9.53 Å². The highest BCUT2D eigenvalue weighted by atomic mass is 32.1. The van der Waals surface area contributed by atoms with Crippen LogP contribution in [0.25, 0.3) is 0 Å². The van der Waals surface area contributed by atoms with Crippen LogP contribution in [-0.4, -0.2) is 45.0 Å². The lowest BCUT2D eigenvalue weighted by Gasteiger charge is -2.23. The Balaban J connectivity index is 1.87. The minimum atomic E-state index is 0.0892. The predicted octanol–water partition coefficient (Wildman–Crippen LogP) is 2.83. The van der Waals surface area contributed by atoms with Gasteiger partial charge < -0.3 is 15.0 Å². The van der Waals surface area contributed by atoms with E-state index in [1.807, 2.05) is 12.1 Å². The summed E-state index contributed by atoms with van der Waals surface area (Å²) in [7, 11) is 5.72. The molecule has 1 heterocycles. The van der Waals surface area contributed by atoms with E-state index in [-0.39, 0.29) is 11.8 Å². The lowest BCUT2D eigenvalue weighted by Crippen LogP contribution is -2.33. The second-order valence-electron chi connectivity index (χ2n) is 5.28. The van der Waals surface area contributed by atoms with Crippen molar-refractivity contribution in [3.8, 4) is 5.75 Å². The molecule has 2 aromatic rings. The van der Waals surface area contributed by atoms with Gasteiger partial charge in [-0.15, -0.1) is 11.3 Å². The third kappa shape index (κ3) is 4.40. The molecule has 1 aromatic carbocycles. The molecule has 22 heavy (non-hydrogen) atoms. The second-order valence-corrected chi connectivity index (χ2v) is 6.26. The summed E-state index contributed by atoms with van der Waals surface area (Å²) in [6.45, 7) is 1.08. The molecular weight excluding hydrogens is 296 g/mol. The zero-order valence-electron chi connectivity index (χ0n) is 13.2. The van der Waals surface area contributed by atoms with Crippen LogP contribution in [-0.2, 0) is 0 Å². The Kier molecular flexibility index (Phi) is 6.12. The average molecular weight is 318 g/mol. The Bertz CT molecular complexity index is 579. The van der Waals surface area contributed by atoms with Crippen LogP contribution in [0.15, 0.2) is 41.8 Å². The maximum absolute atomic E-state index is 12.2. The molecule has 5 heteroatoms. The number of ketones is 1. The summed E-state index contributed by atoms with van der Waals surface area (Å²) in [6.07, 6.45) is 0. The van der Waals surface area contributed by atoms with E-state index in [1.54, 1.807) is 30.6 Å². The van der Waals surface area contributed by atoms with E-state index in [9.17, 15) is 4.79 Å². The first-order valence-corrected chi connectivity index (χ1v) is 8.07. The quantitative estimate of drug-likeness (QED) is 0.760. The Hall–Kier alpha value is -1.69. The van der Waals surface area contributed by atoms with Gasteiger partial charge >= 0.3 is 0 Å². The predicted molar refractivity (Wildman–Crippen MR) is 90.9 cm³/mol. The molecule has 0 bridgehead atoms. The standard InChI is InChI=1S/C17H22N2O2S/c1-19(2)15(17-5-4-10-22-17)11-18-12-16(20)13-6-8-14(21-3)9-7-13/h4-10,15,18H,11-12H2,1-3H3. The van der Waals surface area contributed by atoms with Gasteiger partial charge in [0.05, 0.1) is 19.7 Å². The summed E-state index contributed by atoms with van der Waals surface area (Å²) < 4.78 is 5.10. The first kappa shape index (κ1) is 16.7. The molecule has 4 nitrogen and oxygen atoms in total. The van der Waals surface area contributed by atoms with E-state index in [2.05, 4.69) is 41.8 Å². The number of likely N-dealkylation sites (N-methyl/N-ethyl adjacent to an activating group) is 1. The Morgan fingerprint density at radius 3 is 2.55 bits per heavy atom. The molecule has 118 valence electrons. The van der Waals surface area contributed by atoms with Crippen LogP contribution in [0.1, 0.15) is 21.3 Å². The lowest BCUT2D eigenvalue weighted by atomic mass is 10.1. The molecule has 0 aliphatic rings. The number of carbonyl (C=O) groups excluding carboxylic acids is 1. The van der Waals surface area contributed by atoms with Crippen molar-refractivity contribution in [3.63, 3.8) is 0 Å². The molecule has 2 rings (SSSR count). The van der Waals surface area contributed by atoms with Crippen molar-refractivity contribution in [3.05, 3.63) is 52.2 Å². The first-order chi connectivity index (χ1) is 10.6. The zero-order valence-corrected chi connectivity index (χ0v) is 14.0. The highest BCUT2D eigenvalue weighted by Gasteiger charge is 2.15. The molecule has 1 N–H and O–H groups in total. The third-order valence-corrected chi connectivity index (χ3v) is 4.50. The summed E-state index contributed by atoms with van der Waals surface area (Å²) in [6, 6.07) is 11.7. The van der Waals surface area contributed by atoms with E-state index >= 15 is 0 Å². The fourth-order valence-electron chi connectivity index (χ4n) is 2.22. The number of benzene rings is 1. The van der Waals surface area contributed by atoms with Crippen LogP contribution in [0.4, 0.5) is 0 Å². The number of nitrogens with zero attached hydrogens (tertiary/aromatic N) is 1. The molecule has 0 saturated carbocycles. The molecule has 0 aliphatic heterocycles. The molecule has 1 unspecified atom stereocenters. The lowest BCUT2D eigenvalue weighted by molar-refractivity contribution is 0.0988. The molecule has 1 aromatic heterocycles. The highest BCUT2D eigenvalue weighted by Crippen LogP contribution is 2.22. The van der Waals surface area contributed by atoms with Gasteiger partial charge in [-0.25, -0.2) is 0 Å². The number of thiophene rings is 1. The van der Waals surface area contributed by atoms with Gasteiger partial charge in [0, 0.05) is 17.0 Å². The normalized spacial score (nSPS) is 12.4. The molecule has 0 radical (unpaired) electrons. The van der Waals surface area contributed by atoms with Crippen molar-refractivity contribution in [2.75, 3.05) is 34.3 Å². The fraction of sp³-hybridized carbons (Fsp3) is 0.353. The van der Waals surface area contributed by atoms with Crippen LogP contribution in [0, 0.1) is 0 Å². The summed E-state index contributed by atoms with van der Waals surface area (Å²) in [5.74, 6) is 0.848. The number of Topliss-reactive ketones (excluding diaryl/α,β-unsaturated/α-hetero) is 1. The van der Waals surface area contributed by atoms with Crippen molar-refractivity contribution in [2.24, 2.45) is 0 Å². The van der Waals surface area contributed by atoms with Crippen molar-refractivity contribution in [2.45, 2.75) is 6.04 Å².